The van der Waals surface area contributed by atoms with Crippen LogP contribution in [0.25, 0.3) is 0 Å². The largest absolute Gasteiger partial charge is 0.480 e. The molecule has 24 heavy (non-hydrogen) atoms. The van der Waals surface area contributed by atoms with Crippen LogP contribution in [0.3, 0.4) is 0 Å². The van der Waals surface area contributed by atoms with Crippen LogP contribution in [0.1, 0.15) is 34.6 Å². The molecule has 0 heterocycles. The second kappa shape index (κ2) is 9.86. The molecule has 0 spiro atoms. The summed E-state index contributed by atoms with van der Waals surface area (Å²) >= 11 is 0. The molecule has 0 aromatic heterocycles. The maximum atomic E-state index is 11.9. The van der Waals surface area contributed by atoms with Crippen molar-refractivity contribution in [3.8, 4) is 0 Å². The normalized spacial score (nSPS) is 14.7. The molecule has 0 saturated heterocycles. The number of hydrogen-bond acceptors (Lipinski definition) is 5. The first kappa shape index (κ1) is 21.8. The smallest absolute Gasteiger partial charge is 0.326 e. The van der Waals surface area contributed by atoms with Gasteiger partial charge in [-0.1, -0.05) is 27.7 Å². The van der Waals surface area contributed by atoms with E-state index < -0.39 is 41.8 Å². The molecule has 3 unspecified atom stereocenters. The van der Waals surface area contributed by atoms with Gasteiger partial charge in [0, 0.05) is 0 Å². The fraction of sp³-hybridized carbons (Fsp3) is 0.733. The van der Waals surface area contributed by atoms with Crippen LogP contribution in [-0.2, 0) is 19.2 Å². The number of carboxylic acids is 1. The number of amides is 3. The lowest BCUT2D eigenvalue weighted by Gasteiger charge is -2.21. The maximum Gasteiger partial charge on any atom is 0.326 e. The molecule has 0 rings (SSSR count). The molecule has 9 nitrogen and oxygen atoms in total. The van der Waals surface area contributed by atoms with Crippen LogP contribution in [0.4, 0.5) is 0 Å². The van der Waals surface area contributed by atoms with Crippen LogP contribution in [0, 0.1) is 11.8 Å². The Hall–Kier alpha value is -2.16. The Kier molecular flexibility index (Phi) is 8.97. The molecule has 0 saturated carbocycles. The molecule has 0 aromatic rings. The Morgan fingerprint density at radius 1 is 0.917 bits per heavy atom. The SMILES string of the molecule is CC(NC(=O)CNC(=O)C(N)C(C)C)C(=O)NC(C(=O)O)C(C)C. The molecule has 3 atom stereocenters. The second-order valence-corrected chi connectivity index (χ2v) is 6.35. The molecule has 0 aliphatic heterocycles. The van der Waals surface area contributed by atoms with Gasteiger partial charge < -0.3 is 26.8 Å². The summed E-state index contributed by atoms with van der Waals surface area (Å²) in [4.78, 5) is 46.4. The zero-order valence-electron chi connectivity index (χ0n) is 14.8. The Labute approximate surface area is 141 Å². The van der Waals surface area contributed by atoms with Gasteiger partial charge in [0.25, 0.3) is 0 Å². The van der Waals surface area contributed by atoms with E-state index in [2.05, 4.69) is 16.0 Å². The molecule has 9 heteroatoms. The van der Waals surface area contributed by atoms with E-state index in [0.717, 1.165) is 0 Å². The van der Waals surface area contributed by atoms with Crippen LogP contribution in [-0.4, -0.2) is 53.5 Å². The third-order valence-electron chi connectivity index (χ3n) is 3.45. The fourth-order valence-corrected chi connectivity index (χ4v) is 1.74. The van der Waals surface area contributed by atoms with Crippen molar-refractivity contribution < 1.29 is 24.3 Å². The average molecular weight is 344 g/mol. The molecule has 6 N–H and O–H groups in total. The Balaban J connectivity index is 4.42. The molecular formula is C15H28N4O5. The number of nitrogens with two attached hydrogens (primary N) is 1. The minimum atomic E-state index is -1.15. The van der Waals surface area contributed by atoms with Crippen molar-refractivity contribution in [3.05, 3.63) is 0 Å². The van der Waals surface area contributed by atoms with E-state index >= 15 is 0 Å². The Bertz CT molecular complexity index is 478. The molecule has 138 valence electrons. The van der Waals surface area contributed by atoms with E-state index in [-0.39, 0.29) is 18.4 Å². The lowest BCUT2D eigenvalue weighted by molar-refractivity contribution is -0.143. The highest BCUT2D eigenvalue weighted by Crippen LogP contribution is 2.02. The first-order valence-electron chi connectivity index (χ1n) is 7.83. The van der Waals surface area contributed by atoms with Crippen molar-refractivity contribution in [2.75, 3.05) is 6.54 Å². The van der Waals surface area contributed by atoms with Gasteiger partial charge in [-0.05, 0) is 18.8 Å². The quantitative estimate of drug-likeness (QED) is 0.355. The van der Waals surface area contributed by atoms with E-state index in [4.69, 9.17) is 10.8 Å². The highest BCUT2D eigenvalue weighted by Gasteiger charge is 2.26. The van der Waals surface area contributed by atoms with Crippen molar-refractivity contribution in [2.24, 2.45) is 17.6 Å². The monoisotopic (exact) mass is 344 g/mol. The highest BCUT2D eigenvalue weighted by atomic mass is 16.4. The lowest BCUT2D eigenvalue weighted by Crippen LogP contribution is -2.54. The van der Waals surface area contributed by atoms with E-state index in [1.807, 2.05) is 0 Å². The van der Waals surface area contributed by atoms with Crippen LogP contribution in [0.15, 0.2) is 0 Å². The fourth-order valence-electron chi connectivity index (χ4n) is 1.74. The Morgan fingerprint density at radius 2 is 1.46 bits per heavy atom. The van der Waals surface area contributed by atoms with Crippen LogP contribution in [0.5, 0.6) is 0 Å². The van der Waals surface area contributed by atoms with Crippen LogP contribution < -0.4 is 21.7 Å². The average Bonchev–Trinajstić information content (AvgIpc) is 2.47. The highest BCUT2D eigenvalue weighted by molar-refractivity contribution is 5.92. The summed E-state index contributed by atoms with van der Waals surface area (Å²) in [6.07, 6.45) is 0. The number of carboxylic acid groups (broad SMARTS) is 1. The van der Waals surface area contributed by atoms with Crippen LogP contribution in [0.2, 0.25) is 0 Å². The molecule has 0 aromatic carbocycles. The second-order valence-electron chi connectivity index (χ2n) is 6.35. The summed E-state index contributed by atoms with van der Waals surface area (Å²) in [6.45, 7) is 8.00. The third kappa shape index (κ3) is 7.40. The van der Waals surface area contributed by atoms with E-state index in [1.165, 1.54) is 6.92 Å². The van der Waals surface area contributed by atoms with E-state index in [1.54, 1.807) is 27.7 Å². The number of nitrogens with one attached hydrogen (secondary N) is 3. The van der Waals surface area contributed by atoms with Gasteiger partial charge >= 0.3 is 5.97 Å². The molecule has 0 fully saturated rings. The summed E-state index contributed by atoms with van der Waals surface area (Å²) in [7, 11) is 0. The van der Waals surface area contributed by atoms with Gasteiger partial charge in [-0.15, -0.1) is 0 Å². The number of carbonyl (C=O) groups is 4. The summed E-state index contributed by atoms with van der Waals surface area (Å²) in [5.41, 5.74) is 5.64. The van der Waals surface area contributed by atoms with Gasteiger partial charge in [0.2, 0.25) is 17.7 Å². The molecular weight excluding hydrogens is 316 g/mol. The zero-order chi connectivity index (χ0) is 19.0. The third-order valence-corrected chi connectivity index (χ3v) is 3.45. The lowest BCUT2D eigenvalue weighted by atomic mass is 10.0. The van der Waals surface area contributed by atoms with Gasteiger partial charge in [-0.3, -0.25) is 14.4 Å². The van der Waals surface area contributed by atoms with Gasteiger partial charge in [-0.25, -0.2) is 4.79 Å². The standard InChI is InChI=1S/C15H28N4O5/c1-7(2)11(16)14(22)17-6-10(20)18-9(5)13(21)19-12(8(3)4)15(23)24/h7-9,11-12H,6,16H2,1-5H3,(H,17,22)(H,18,20)(H,19,21)(H,23,24). The van der Waals surface area contributed by atoms with Crippen molar-refractivity contribution in [3.63, 3.8) is 0 Å². The van der Waals surface area contributed by atoms with Crippen molar-refractivity contribution in [1.82, 2.24) is 16.0 Å². The van der Waals surface area contributed by atoms with E-state index in [0.29, 0.717) is 0 Å². The summed E-state index contributed by atoms with van der Waals surface area (Å²) in [5, 5.41) is 16.2. The predicted molar refractivity (Wildman–Crippen MR) is 87.8 cm³/mol. The summed E-state index contributed by atoms with van der Waals surface area (Å²) in [6, 6.07) is -2.70. The van der Waals surface area contributed by atoms with Gasteiger partial charge in [0.15, 0.2) is 0 Å². The van der Waals surface area contributed by atoms with Gasteiger partial charge in [0.1, 0.15) is 12.1 Å². The van der Waals surface area contributed by atoms with Crippen LogP contribution >= 0.6 is 0 Å². The molecule has 3 amide bonds. The minimum Gasteiger partial charge on any atom is -0.480 e. The minimum absolute atomic E-state index is 0.0678. The number of aliphatic carboxylic acids is 1. The molecule has 0 bridgehead atoms. The molecule has 0 radical (unpaired) electrons. The Morgan fingerprint density at radius 3 is 1.88 bits per heavy atom. The molecule has 0 aliphatic rings. The maximum absolute atomic E-state index is 11.9. The first-order valence-corrected chi connectivity index (χ1v) is 7.83. The molecule has 0 aliphatic carbocycles. The number of hydrogen-bond donors (Lipinski definition) is 5. The summed E-state index contributed by atoms with van der Waals surface area (Å²) in [5.74, 6) is -3.16. The van der Waals surface area contributed by atoms with Crippen molar-refractivity contribution >= 4 is 23.7 Å². The number of rotatable bonds is 9. The van der Waals surface area contributed by atoms with Crippen molar-refractivity contribution in [1.29, 1.82) is 0 Å². The predicted octanol–water partition coefficient (Wildman–Crippen LogP) is -1.18. The number of carbonyl (C=O) groups excluding carboxylic acids is 3. The van der Waals surface area contributed by atoms with E-state index in [9.17, 15) is 19.2 Å². The zero-order valence-corrected chi connectivity index (χ0v) is 14.8. The van der Waals surface area contributed by atoms with Crippen molar-refractivity contribution in [2.45, 2.75) is 52.7 Å². The van der Waals surface area contributed by atoms with Gasteiger partial charge in [0.05, 0.1) is 12.6 Å². The van der Waals surface area contributed by atoms with Gasteiger partial charge in [-0.2, -0.15) is 0 Å². The first-order chi connectivity index (χ1) is 11.0. The summed E-state index contributed by atoms with van der Waals surface area (Å²) < 4.78 is 0. The topological polar surface area (TPSA) is 151 Å².